The first-order valence-corrected chi connectivity index (χ1v) is 7.89. The lowest BCUT2D eigenvalue weighted by Gasteiger charge is -2.30. The summed E-state index contributed by atoms with van der Waals surface area (Å²) < 4.78 is 0. The zero-order valence-corrected chi connectivity index (χ0v) is 12.6. The van der Waals surface area contributed by atoms with E-state index in [0.29, 0.717) is 11.5 Å². The Balaban J connectivity index is 1.72. The molecule has 0 heterocycles. The number of benzene rings is 1. The lowest BCUT2D eigenvalue weighted by Crippen LogP contribution is -2.35. The molecule has 3 unspecified atom stereocenters. The maximum atomic E-state index is 3.90. The quantitative estimate of drug-likeness (QED) is 0.849. The molecule has 0 aromatic heterocycles. The first kappa shape index (κ1) is 13.2. The van der Waals surface area contributed by atoms with Gasteiger partial charge in [-0.25, -0.2) is 0 Å². The van der Waals surface area contributed by atoms with Crippen LogP contribution in [0.15, 0.2) is 24.3 Å². The van der Waals surface area contributed by atoms with Crippen LogP contribution in [0.3, 0.4) is 0 Å². The van der Waals surface area contributed by atoms with Gasteiger partial charge in [-0.2, -0.15) is 0 Å². The van der Waals surface area contributed by atoms with Crippen molar-refractivity contribution < 1.29 is 0 Å². The van der Waals surface area contributed by atoms with Crippen molar-refractivity contribution in [3.05, 3.63) is 35.4 Å². The second kappa shape index (κ2) is 4.94. The summed E-state index contributed by atoms with van der Waals surface area (Å²) in [5.74, 6) is 1.80. The molecule has 2 aliphatic rings. The van der Waals surface area contributed by atoms with Crippen LogP contribution in [0.4, 0.5) is 0 Å². The molecular weight excluding hydrogens is 230 g/mol. The SMILES string of the molecule is CC1CCCC1CNC1c2ccccc2CC1(C)C. The molecule has 19 heavy (non-hydrogen) atoms. The van der Waals surface area contributed by atoms with Gasteiger partial charge in [0.2, 0.25) is 0 Å². The van der Waals surface area contributed by atoms with Gasteiger partial charge < -0.3 is 5.32 Å². The van der Waals surface area contributed by atoms with E-state index >= 15 is 0 Å². The van der Waals surface area contributed by atoms with Crippen LogP contribution < -0.4 is 5.32 Å². The number of nitrogens with one attached hydrogen (secondary N) is 1. The monoisotopic (exact) mass is 257 g/mol. The van der Waals surface area contributed by atoms with Gasteiger partial charge in [0.1, 0.15) is 0 Å². The summed E-state index contributed by atoms with van der Waals surface area (Å²) in [7, 11) is 0. The van der Waals surface area contributed by atoms with E-state index in [1.807, 2.05) is 0 Å². The van der Waals surface area contributed by atoms with Crippen LogP contribution in [0.25, 0.3) is 0 Å². The average Bonchev–Trinajstić information content (AvgIpc) is 2.87. The highest BCUT2D eigenvalue weighted by Gasteiger charge is 2.38. The Morgan fingerprint density at radius 3 is 2.74 bits per heavy atom. The Labute approximate surface area is 117 Å². The van der Waals surface area contributed by atoms with Crippen LogP contribution in [-0.4, -0.2) is 6.54 Å². The molecule has 0 amide bonds. The number of rotatable bonds is 3. The normalized spacial score (nSPS) is 32.5. The highest BCUT2D eigenvalue weighted by atomic mass is 14.9. The van der Waals surface area contributed by atoms with Crippen LogP contribution in [-0.2, 0) is 6.42 Å². The van der Waals surface area contributed by atoms with Gasteiger partial charge in [-0.15, -0.1) is 0 Å². The molecule has 0 saturated heterocycles. The molecule has 1 aromatic carbocycles. The van der Waals surface area contributed by atoms with E-state index in [9.17, 15) is 0 Å². The summed E-state index contributed by atoms with van der Waals surface area (Å²) >= 11 is 0. The molecule has 0 bridgehead atoms. The molecule has 1 fully saturated rings. The molecule has 2 aliphatic carbocycles. The first-order chi connectivity index (χ1) is 9.08. The standard InChI is InChI=1S/C18H27N/c1-13-7-6-9-15(13)12-19-17-16-10-5-4-8-14(16)11-18(17,2)3/h4-5,8,10,13,15,17,19H,6-7,9,11-12H2,1-3H3. The van der Waals surface area contributed by atoms with Crippen LogP contribution in [0.2, 0.25) is 0 Å². The zero-order chi connectivity index (χ0) is 13.5. The Bertz CT molecular complexity index is 449. The van der Waals surface area contributed by atoms with Gasteiger partial charge >= 0.3 is 0 Å². The second-order valence-electron chi connectivity index (χ2n) is 7.37. The fourth-order valence-corrected chi connectivity index (χ4v) is 4.17. The molecule has 0 radical (unpaired) electrons. The van der Waals surface area contributed by atoms with Crippen LogP contribution >= 0.6 is 0 Å². The zero-order valence-electron chi connectivity index (χ0n) is 12.6. The first-order valence-electron chi connectivity index (χ1n) is 7.89. The van der Waals surface area contributed by atoms with Crippen molar-refractivity contribution in [1.29, 1.82) is 0 Å². The third-order valence-electron chi connectivity index (χ3n) is 5.42. The molecule has 3 rings (SSSR count). The molecule has 1 N–H and O–H groups in total. The van der Waals surface area contributed by atoms with Gasteiger partial charge in [0.15, 0.2) is 0 Å². The van der Waals surface area contributed by atoms with Crippen molar-refractivity contribution in [2.24, 2.45) is 17.3 Å². The molecule has 104 valence electrons. The molecule has 1 aromatic rings. The third kappa shape index (κ3) is 2.45. The van der Waals surface area contributed by atoms with E-state index in [0.717, 1.165) is 11.8 Å². The van der Waals surface area contributed by atoms with Crippen molar-refractivity contribution >= 4 is 0 Å². The number of hydrogen-bond acceptors (Lipinski definition) is 1. The smallest absolute Gasteiger partial charge is 0.0377 e. The summed E-state index contributed by atoms with van der Waals surface area (Å²) in [6.45, 7) is 8.43. The van der Waals surface area contributed by atoms with Gasteiger partial charge in [0.25, 0.3) is 0 Å². The van der Waals surface area contributed by atoms with Crippen LogP contribution in [0.1, 0.15) is 57.2 Å². The summed E-state index contributed by atoms with van der Waals surface area (Å²) in [5, 5.41) is 3.90. The van der Waals surface area contributed by atoms with Gasteiger partial charge in [0, 0.05) is 6.04 Å². The van der Waals surface area contributed by atoms with E-state index < -0.39 is 0 Å². The van der Waals surface area contributed by atoms with Crippen LogP contribution in [0, 0.1) is 17.3 Å². The van der Waals surface area contributed by atoms with Crippen molar-refractivity contribution in [1.82, 2.24) is 5.32 Å². The van der Waals surface area contributed by atoms with E-state index in [1.165, 1.54) is 37.8 Å². The van der Waals surface area contributed by atoms with E-state index in [-0.39, 0.29) is 0 Å². The minimum atomic E-state index is 0.353. The Kier molecular flexibility index (Phi) is 3.42. The predicted octanol–water partition coefficient (Wildman–Crippen LogP) is 4.34. The van der Waals surface area contributed by atoms with Crippen molar-refractivity contribution in [3.8, 4) is 0 Å². The molecule has 1 saturated carbocycles. The lowest BCUT2D eigenvalue weighted by atomic mass is 9.85. The summed E-state index contributed by atoms with van der Waals surface area (Å²) in [6.07, 6.45) is 5.49. The highest BCUT2D eigenvalue weighted by Crippen LogP contribution is 2.45. The predicted molar refractivity (Wildman–Crippen MR) is 81.2 cm³/mol. The summed E-state index contributed by atoms with van der Waals surface area (Å²) in [6, 6.07) is 9.52. The topological polar surface area (TPSA) is 12.0 Å². The Morgan fingerprint density at radius 1 is 1.21 bits per heavy atom. The molecule has 1 heteroatoms. The van der Waals surface area contributed by atoms with E-state index in [4.69, 9.17) is 0 Å². The van der Waals surface area contributed by atoms with Crippen molar-refractivity contribution in [2.75, 3.05) is 6.54 Å². The molecule has 1 nitrogen and oxygen atoms in total. The van der Waals surface area contributed by atoms with Gasteiger partial charge in [-0.1, -0.05) is 57.9 Å². The summed E-state index contributed by atoms with van der Waals surface area (Å²) in [4.78, 5) is 0. The van der Waals surface area contributed by atoms with Crippen LogP contribution in [0.5, 0.6) is 0 Å². The van der Waals surface area contributed by atoms with Gasteiger partial charge in [0.05, 0.1) is 0 Å². The summed E-state index contributed by atoms with van der Waals surface area (Å²) in [5.41, 5.74) is 3.44. The largest absolute Gasteiger partial charge is 0.309 e. The lowest BCUT2D eigenvalue weighted by molar-refractivity contribution is 0.248. The van der Waals surface area contributed by atoms with Crippen molar-refractivity contribution in [3.63, 3.8) is 0 Å². The average molecular weight is 257 g/mol. The van der Waals surface area contributed by atoms with Crippen molar-refractivity contribution in [2.45, 2.75) is 52.5 Å². The number of fused-ring (bicyclic) bond motifs is 1. The van der Waals surface area contributed by atoms with E-state index in [2.05, 4.69) is 50.4 Å². The molecular formula is C18H27N. The van der Waals surface area contributed by atoms with E-state index in [1.54, 1.807) is 5.56 Å². The highest BCUT2D eigenvalue weighted by molar-refractivity contribution is 5.37. The fourth-order valence-electron chi connectivity index (χ4n) is 4.17. The van der Waals surface area contributed by atoms with Gasteiger partial charge in [-0.3, -0.25) is 0 Å². The third-order valence-corrected chi connectivity index (χ3v) is 5.42. The molecule has 0 spiro atoms. The van der Waals surface area contributed by atoms with Gasteiger partial charge in [-0.05, 0) is 47.8 Å². The molecule has 0 aliphatic heterocycles. The Hall–Kier alpha value is -0.820. The second-order valence-corrected chi connectivity index (χ2v) is 7.37. The maximum Gasteiger partial charge on any atom is 0.0377 e. The maximum absolute atomic E-state index is 3.90. The molecule has 3 atom stereocenters. The fraction of sp³-hybridized carbons (Fsp3) is 0.667. The minimum Gasteiger partial charge on any atom is -0.309 e. The minimum absolute atomic E-state index is 0.353. The Morgan fingerprint density at radius 2 is 2.00 bits per heavy atom. The number of hydrogen-bond donors (Lipinski definition) is 1.